The molecule has 4 nitrogen and oxygen atoms in total. The average Bonchev–Trinajstić information content (AvgIpc) is 3.01. The summed E-state index contributed by atoms with van der Waals surface area (Å²) in [6.07, 6.45) is 1.93. The number of nitrogens with zero attached hydrogens (tertiary/aromatic N) is 2. The Morgan fingerprint density at radius 3 is 2.64 bits per heavy atom. The fourth-order valence-corrected chi connectivity index (χ4v) is 3.42. The van der Waals surface area contributed by atoms with E-state index in [1.165, 1.54) is 18.2 Å². The van der Waals surface area contributed by atoms with E-state index in [9.17, 15) is 13.6 Å². The van der Waals surface area contributed by atoms with Crippen LogP contribution in [0.2, 0.25) is 0 Å². The largest absolute Gasteiger partial charge is 0.310 e. The summed E-state index contributed by atoms with van der Waals surface area (Å²) in [5.41, 5.74) is 2.30. The van der Waals surface area contributed by atoms with E-state index in [4.69, 9.17) is 0 Å². The van der Waals surface area contributed by atoms with E-state index in [0.717, 1.165) is 11.1 Å². The molecule has 0 radical (unpaired) electrons. The van der Waals surface area contributed by atoms with Crippen molar-refractivity contribution in [2.24, 2.45) is 0 Å². The average molecular weight is 404 g/mol. The molecule has 0 fully saturated rings. The molecule has 1 atom stereocenters. The highest BCUT2D eigenvalue weighted by Gasteiger charge is 2.30. The molecule has 1 aliphatic heterocycles. The zero-order valence-corrected chi connectivity index (χ0v) is 14.4. The minimum absolute atomic E-state index is 0.151. The van der Waals surface area contributed by atoms with E-state index in [0.29, 0.717) is 16.0 Å². The van der Waals surface area contributed by atoms with Gasteiger partial charge in [0.05, 0.1) is 16.4 Å². The van der Waals surface area contributed by atoms with Crippen molar-refractivity contribution in [2.75, 3.05) is 5.32 Å². The lowest BCUT2D eigenvalue weighted by Crippen LogP contribution is -2.24. The summed E-state index contributed by atoms with van der Waals surface area (Å²) in [7, 11) is 0. The molecule has 4 rings (SSSR count). The zero-order chi connectivity index (χ0) is 17.6. The fourth-order valence-electron chi connectivity index (χ4n) is 3.02. The molecular formula is C18H12BrF2N3O. The molecular weight excluding hydrogens is 392 g/mol. The van der Waals surface area contributed by atoms with Crippen LogP contribution in [0.5, 0.6) is 0 Å². The van der Waals surface area contributed by atoms with Crippen molar-refractivity contribution < 1.29 is 13.6 Å². The summed E-state index contributed by atoms with van der Waals surface area (Å²) in [4.78, 5) is 12.2. The second-order valence-electron chi connectivity index (χ2n) is 5.82. The number of benzene rings is 2. The van der Waals surface area contributed by atoms with Crippen LogP contribution in [0.15, 0.2) is 53.1 Å². The van der Waals surface area contributed by atoms with E-state index >= 15 is 0 Å². The second-order valence-corrected chi connectivity index (χ2v) is 6.67. The number of carbonyl (C=O) groups is 1. The molecule has 2 aromatic carbocycles. The molecule has 1 aromatic heterocycles. The first kappa shape index (κ1) is 16.0. The Morgan fingerprint density at radius 2 is 1.92 bits per heavy atom. The van der Waals surface area contributed by atoms with Gasteiger partial charge in [0.15, 0.2) is 0 Å². The first-order valence-electron chi connectivity index (χ1n) is 7.61. The van der Waals surface area contributed by atoms with Gasteiger partial charge in [0.2, 0.25) is 5.91 Å². The maximum atomic E-state index is 13.5. The molecule has 25 heavy (non-hydrogen) atoms. The Balaban J connectivity index is 1.81. The quantitative estimate of drug-likeness (QED) is 0.689. The first-order valence-corrected chi connectivity index (χ1v) is 8.41. The number of amides is 1. The lowest BCUT2D eigenvalue weighted by atomic mass is 9.87. The molecule has 0 unspecified atom stereocenters. The molecule has 126 valence electrons. The molecule has 1 N–H and O–H groups in total. The van der Waals surface area contributed by atoms with Crippen LogP contribution in [0.25, 0.3) is 5.69 Å². The predicted octanol–water partition coefficient (Wildman–Crippen LogP) is 4.39. The number of carbonyl (C=O) groups excluding carboxylic acids is 1. The third kappa shape index (κ3) is 2.84. The smallest absolute Gasteiger partial charge is 0.226 e. The van der Waals surface area contributed by atoms with Gasteiger partial charge < -0.3 is 5.32 Å². The molecule has 0 spiro atoms. The highest BCUT2D eigenvalue weighted by atomic mass is 79.9. The number of rotatable bonds is 2. The SMILES string of the molecule is O=C1C[C@@H](c2ccc(F)c(Br)c2)c2cnn(-c3ccc(F)cc3)c2N1. The van der Waals surface area contributed by atoms with Gasteiger partial charge in [-0.1, -0.05) is 6.07 Å². The van der Waals surface area contributed by atoms with Crippen LogP contribution in [0.1, 0.15) is 23.5 Å². The van der Waals surface area contributed by atoms with Crippen molar-refractivity contribution in [3.05, 3.63) is 75.9 Å². The molecule has 3 aromatic rings. The standard InChI is InChI=1S/C18H12BrF2N3O/c19-15-7-10(1-6-16(15)21)13-8-17(25)23-18-14(13)9-22-24(18)12-4-2-11(20)3-5-12/h1-7,9,13H,8H2,(H,23,25)/t13-/m0/s1. The van der Waals surface area contributed by atoms with Gasteiger partial charge in [-0.05, 0) is 57.9 Å². The summed E-state index contributed by atoms with van der Waals surface area (Å²) in [6.45, 7) is 0. The van der Waals surface area contributed by atoms with Crippen molar-refractivity contribution in [1.29, 1.82) is 0 Å². The summed E-state index contributed by atoms with van der Waals surface area (Å²) in [6, 6.07) is 10.6. The van der Waals surface area contributed by atoms with Gasteiger partial charge in [0, 0.05) is 17.9 Å². The number of halogens is 3. The fraction of sp³-hybridized carbons (Fsp3) is 0.111. The van der Waals surface area contributed by atoms with Gasteiger partial charge in [-0.2, -0.15) is 5.10 Å². The van der Waals surface area contributed by atoms with Crippen molar-refractivity contribution >= 4 is 27.7 Å². The van der Waals surface area contributed by atoms with Crippen molar-refractivity contribution in [3.8, 4) is 5.69 Å². The van der Waals surface area contributed by atoms with Crippen LogP contribution in [0.3, 0.4) is 0 Å². The van der Waals surface area contributed by atoms with Crippen LogP contribution >= 0.6 is 15.9 Å². The van der Waals surface area contributed by atoms with Crippen LogP contribution in [0.4, 0.5) is 14.6 Å². The lowest BCUT2D eigenvalue weighted by molar-refractivity contribution is -0.116. The predicted molar refractivity (Wildman–Crippen MR) is 92.7 cm³/mol. The number of hydrogen-bond acceptors (Lipinski definition) is 2. The maximum absolute atomic E-state index is 13.5. The number of nitrogens with one attached hydrogen (secondary N) is 1. The molecule has 0 saturated carbocycles. The van der Waals surface area contributed by atoms with Crippen molar-refractivity contribution in [3.63, 3.8) is 0 Å². The molecule has 7 heteroatoms. The van der Waals surface area contributed by atoms with E-state index < -0.39 is 0 Å². The number of aromatic nitrogens is 2. The highest BCUT2D eigenvalue weighted by molar-refractivity contribution is 9.10. The number of anilines is 1. The van der Waals surface area contributed by atoms with Gasteiger partial charge in [-0.25, -0.2) is 13.5 Å². The Morgan fingerprint density at radius 1 is 1.16 bits per heavy atom. The minimum Gasteiger partial charge on any atom is -0.310 e. The zero-order valence-electron chi connectivity index (χ0n) is 12.8. The van der Waals surface area contributed by atoms with Gasteiger partial charge in [-0.3, -0.25) is 4.79 Å². The van der Waals surface area contributed by atoms with Gasteiger partial charge in [0.25, 0.3) is 0 Å². The summed E-state index contributed by atoms with van der Waals surface area (Å²) < 4.78 is 28.6. The van der Waals surface area contributed by atoms with Crippen molar-refractivity contribution in [2.45, 2.75) is 12.3 Å². The summed E-state index contributed by atoms with van der Waals surface area (Å²) in [5, 5.41) is 7.17. The maximum Gasteiger partial charge on any atom is 0.226 e. The second kappa shape index (κ2) is 6.07. The molecule has 1 amide bonds. The Hall–Kier alpha value is -2.54. The Bertz CT molecular complexity index is 969. The van der Waals surface area contributed by atoms with Crippen LogP contribution in [-0.4, -0.2) is 15.7 Å². The van der Waals surface area contributed by atoms with Crippen molar-refractivity contribution in [1.82, 2.24) is 9.78 Å². The first-order chi connectivity index (χ1) is 12.0. The van der Waals surface area contributed by atoms with E-state index in [2.05, 4.69) is 26.3 Å². The van der Waals surface area contributed by atoms with Crippen LogP contribution < -0.4 is 5.32 Å². The molecule has 0 bridgehead atoms. The van der Waals surface area contributed by atoms with Gasteiger partial charge in [0.1, 0.15) is 17.5 Å². The number of hydrogen-bond donors (Lipinski definition) is 1. The Labute approximate surface area is 150 Å². The minimum atomic E-state index is -0.355. The molecule has 1 aliphatic rings. The summed E-state index contributed by atoms with van der Waals surface area (Å²) in [5.74, 6) is -0.529. The monoisotopic (exact) mass is 403 g/mol. The molecule has 0 aliphatic carbocycles. The van der Waals surface area contributed by atoms with Gasteiger partial charge in [-0.15, -0.1) is 0 Å². The van der Waals surface area contributed by atoms with E-state index in [1.54, 1.807) is 35.1 Å². The number of fused-ring (bicyclic) bond motifs is 1. The third-order valence-corrected chi connectivity index (χ3v) is 4.85. The lowest BCUT2D eigenvalue weighted by Gasteiger charge is -2.24. The Kier molecular flexibility index (Phi) is 3.88. The van der Waals surface area contributed by atoms with E-state index in [1.807, 2.05) is 0 Å². The van der Waals surface area contributed by atoms with E-state index in [-0.39, 0.29) is 29.9 Å². The van der Waals surface area contributed by atoms with Crippen LogP contribution in [-0.2, 0) is 4.79 Å². The molecule has 0 saturated heterocycles. The van der Waals surface area contributed by atoms with Crippen LogP contribution in [0, 0.1) is 11.6 Å². The highest BCUT2D eigenvalue weighted by Crippen LogP contribution is 2.38. The topological polar surface area (TPSA) is 46.9 Å². The molecule has 2 heterocycles. The normalized spacial score (nSPS) is 16.4. The summed E-state index contributed by atoms with van der Waals surface area (Å²) >= 11 is 3.18. The third-order valence-electron chi connectivity index (χ3n) is 4.24. The van der Waals surface area contributed by atoms with Gasteiger partial charge >= 0.3 is 0 Å².